The number of ether oxygens (including phenoxy) is 2. The average Bonchev–Trinajstić information content (AvgIpc) is 2.65. The molecule has 3 nitrogen and oxygen atoms in total. The van der Waals surface area contributed by atoms with Gasteiger partial charge in [-0.15, -0.1) is 0 Å². The second-order valence-corrected chi connectivity index (χ2v) is 6.40. The normalized spacial score (nSPS) is 10.4. The van der Waals surface area contributed by atoms with E-state index < -0.39 is 0 Å². The molecule has 0 fully saturated rings. The van der Waals surface area contributed by atoms with Crippen molar-refractivity contribution in [3.05, 3.63) is 42.5 Å². The molecule has 0 atom stereocenters. The quantitative estimate of drug-likeness (QED) is 0.226. The third kappa shape index (κ3) is 11.4. The molecule has 25 heavy (non-hydrogen) atoms. The van der Waals surface area contributed by atoms with E-state index in [2.05, 4.69) is 37.8 Å². The predicted octanol–water partition coefficient (Wildman–Crippen LogP) is 5.87. The lowest BCUT2D eigenvalue weighted by molar-refractivity contribution is -0.137. The lowest BCUT2D eigenvalue weighted by atomic mass is 10.1. The Labute approximate surface area is 153 Å². The molecule has 0 N–H and O–H groups in total. The van der Waals surface area contributed by atoms with Crippen LogP contribution in [-0.4, -0.2) is 19.2 Å². The minimum absolute atomic E-state index is 0.318. The van der Waals surface area contributed by atoms with Gasteiger partial charge in [-0.3, -0.25) is 0 Å². The van der Waals surface area contributed by atoms with Crippen molar-refractivity contribution in [1.82, 2.24) is 0 Å². The Morgan fingerprint density at radius 3 is 1.92 bits per heavy atom. The molecule has 1 rings (SSSR count). The SMILES string of the molecule is C=CC(=O)OCCCCCCCCCCCOc1ccc(CC)cc1. The molecule has 140 valence electrons. The summed E-state index contributed by atoms with van der Waals surface area (Å²) < 4.78 is 10.7. The summed E-state index contributed by atoms with van der Waals surface area (Å²) in [6, 6.07) is 8.41. The largest absolute Gasteiger partial charge is 0.494 e. The van der Waals surface area contributed by atoms with E-state index in [0.717, 1.165) is 38.0 Å². The van der Waals surface area contributed by atoms with Crippen molar-refractivity contribution >= 4 is 5.97 Å². The summed E-state index contributed by atoms with van der Waals surface area (Å²) in [6.45, 7) is 6.87. The topological polar surface area (TPSA) is 35.5 Å². The Kier molecular flexibility index (Phi) is 12.4. The Balaban J connectivity index is 1.82. The Morgan fingerprint density at radius 1 is 0.880 bits per heavy atom. The highest BCUT2D eigenvalue weighted by Gasteiger charge is 1.97. The molecular weight excluding hydrogens is 312 g/mol. The maximum Gasteiger partial charge on any atom is 0.330 e. The second-order valence-electron chi connectivity index (χ2n) is 6.40. The van der Waals surface area contributed by atoms with E-state index in [0.29, 0.717) is 6.61 Å². The van der Waals surface area contributed by atoms with Crippen LogP contribution in [0.1, 0.15) is 70.3 Å². The van der Waals surface area contributed by atoms with E-state index >= 15 is 0 Å². The van der Waals surface area contributed by atoms with Gasteiger partial charge in [-0.05, 0) is 37.0 Å². The standard InChI is InChI=1S/C22H34O3/c1-3-20-14-16-21(17-15-20)24-18-12-10-8-6-5-7-9-11-13-19-25-22(23)4-2/h4,14-17H,2-3,5-13,18-19H2,1H3. The molecule has 0 aliphatic carbocycles. The lowest BCUT2D eigenvalue weighted by Gasteiger charge is -2.07. The number of benzene rings is 1. The van der Waals surface area contributed by atoms with Gasteiger partial charge in [0.15, 0.2) is 0 Å². The first kappa shape index (κ1) is 21.3. The molecule has 3 heteroatoms. The van der Waals surface area contributed by atoms with Gasteiger partial charge in [0.05, 0.1) is 13.2 Å². The smallest absolute Gasteiger partial charge is 0.330 e. The zero-order chi connectivity index (χ0) is 18.2. The van der Waals surface area contributed by atoms with Crippen LogP contribution in [0.3, 0.4) is 0 Å². The molecule has 0 bridgehead atoms. The van der Waals surface area contributed by atoms with Crippen molar-refractivity contribution in [2.24, 2.45) is 0 Å². The van der Waals surface area contributed by atoms with Crippen LogP contribution in [0.15, 0.2) is 36.9 Å². The summed E-state index contributed by atoms with van der Waals surface area (Å²) in [5.74, 6) is 0.665. The van der Waals surface area contributed by atoms with Crippen LogP contribution >= 0.6 is 0 Å². The summed E-state index contributed by atoms with van der Waals surface area (Å²) in [5, 5.41) is 0. The van der Waals surface area contributed by atoms with E-state index in [-0.39, 0.29) is 5.97 Å². The van der Waals surface area contributed by atoms with Crippen LogP contribution < -0.4 is 4.74 Å². The molecule has 0 spiro atoms. The van der Waals surface area contributed by atoms with Crippen LogP contribution in [0.25, 0.3) is 0 Å². The molecule has 0 radical (unpaired) electrons. The molecule has 0 aliphatic rings. The average molecular weight is 347 g/mol. The van der Waals surface area contributed by atoms with Gasteiger partial charge < -0.3 is 9.47 Å². The van der Waals surface area contributed by atoms with Gasteiger partial charge >= 0.3 is 5.97 Å². The van der Waals surface area contributed by atoms with Crippen molar-refractivity contribution in [3.8, 4) is 5.75 Å². The number of rotatable bonds is 15. The maximum absolute atomic E-state index is 10.9. The van der Waals surface area contributed by atoms with E-state index in [1.165, 1.54) is 50.2 Å². The van der Waals surface area contributed by atoms with Crippen molar-refractivity contribution in [2.45, 2.75) is 71.1 Å². The first-order valence-corrected chi connectivity index (χ1v) is 9.77. The number of esters is 1. The molecule has 0 saturated heterocycles. The summed E-state index contributed by atoms with van der Waals surface area (Å²) in [5.41, 5.74) is 1.35. The molecule has 0 aliphatic heterocycles. The van der Waals surface area contributed by atoms with Gasteiger partial charge in [-0.2, -0.15) is 0 Å². The van der Waals surface area contributed by atoms with Crippen molar-refractivity contribution in [3.63, 3.8) is 0 Å². The zero-order valence-corrected chi connectivity index (χ0v) is 15.8. The first-order valence-electron chi connectivity index (χ1n) is 9.77. The number of unbranched alkanes of at least 4 members (excludes halogenated alkanes) is 8. The van der Waals surface area contributed by atoms with Crippen LogP contribution in [0, 0.1) is 0 Å². The number of carbonyl (C=O) groups excluding carboxylic acids is 1. The highest BCUT2D eigenvalue weighted by Crippen LogP contribution is 2.14. The Hall–Kier alpha value is -1.77. The summed E-state index contributed by atoms with van der Waals surface area (Å²) in [6.07, 6.45) is 13.1. The second kappa shape index (κ2) is 14.6. The monoisotopic (exact) mass is 346 g/mol. The molecule has 0 saturated carbocycles. The predicted molar refractivity (Wildman–Crippen MR) is 104 cm³/mol. The number of hydrogen-bond donors (Lipinski definition) is 0. The summed E-state index contributed by atoms with van der Waals surface area (Å²) >= 11 is 0. The molecule has 0 unspecified atom stereocenters. The fourth-order valence-electron chi connectivity index (χ4n) is 2.68. The van der Waals surface area contributed by atoms with Crippen molar-refractivity contribution in [1.29, 1.82) is 0 Å². The number of aryl methyl sites for hydroxylation is 1. The molecular formula is C22H34O3. The van der Waals surface area contributed by atoms with Crippen LogP contribution in [0.2, 0.25) is 0 Å². The van der Waals surface area contributed by atoms with E-state index in [9.17, 15) is 4.79 Å². The van der Waals surface area contributed by atoms with Gasteiger partial charge in [0.25, 0.3) is 0 Å². The lowest BCUT2D eigenvalue weighted by Crippen LogP contribution is -2.01. The van der Waals surface area contributed by atoms with Crippen molar-refractivity contribution < 1.29 is 14.3 Å². The van der Waals surface area contributed by atoms with Gasteiger partial charge in [0.1, 0.15) is 5.75 Å². The number of hydrogen-bond acceptors (Lipinski definition) is 3. The van der Waals surface area contributed by atoms with Gasteiger partial charge in [0, 0.05) is 6.08 Å². The molecule has 1 aromatic carbocycles. The van der Waals surface area contributed by atoms with Gasteiger partial charge in [-0.25, -0.2) is 4.79 Å². The first-order chi connectivity index (χ1) is 12.3. The summed E-state index contributed by atoms with van der Waals surface area (Å²) in [7, 11) is 0. The third-order valence-corrected chi connectivity index (χ3v) is 4.30. The van der Waals surface area contributed by atoms with Crippen LogP contribution in [0.5, 0.6) is 5.75 Å². The zero-order valence-electron chi connectivity index (χ0n) is 15.8. The van der Waals surface area contributed by atoms with Gasteiger partial charge in [-0.1, -0.05) is 70.6 Å². The highest BCUT2D eigenvalue weighted by molar-refractivity contribution is 5.81. The fourth-order valence-corrected chi connectivity index (χ4v) is 2.68. The molecule has 1 aromatic rings. The third-order valence-electron chi connectivity index (χ3n) is 4.30. The minimum atomic E-state index is -0.318. The van der Waals surface area contributed by atoms with Gasteiger partial charge in [0.2, 0.25) is 0 Å². The highest BCUT2D eigenvalue weighted by atomic mass is 16.5. The molecule has 0 amide bonds. The Bertz CT molecular complexity index is 465. The molecule has 0 aromatic heterocycles. The van der Waals surface area contributed by atoms with Crippen molar-refractivity contribution in [2.75, 3.05) is 13.2 Å². The maximum atomic E-state index is 10.9. The van der Waals surface area contributed by atoms with E-state index in [1.807, 2.05) is 0 Å². The molecule has 0 heterocycles. The Morgan fingerprint density at radius 2 is 1.40 bits per heavy atom. The fraction of sp³-hybridized carbons (Fsp3) is 0.591. The van der Waals surface area contributed by atoms with E-state index in [4.69, 9.17) is 9.47 Å². The number of carbonyl (C=O) groups is 1. The van der Waals surface area contributed by atoms with E-state index in [1.54, 1.807) is 0 Å². The summed E-state index contributed by atoms with van der Waals surface area (Å²) in [4.78, 5) is 10.9. The minimum Gasteiger partial charge on any atom is -0.494 e. The van der Waals surface area contributed by atoms with Crippen LogP contribution in [0.4, 0.5) is 0 Å². The van der Waals surface area contributed by atoms with Crippen LogP contribution in [-0.2, 0) is 16.0 Å².